The maximum Gasteiger partial charge on any atom is 0.200 e. The fourth-order valence-corrected chi connectivity index (χ4v) is 2.70. The van der Waals surface area contributed by atoms with Crippen molar-refractivity contribution in [3.05, 3.63) is 88.1 Å². The Morgan fingerprint density at radius 1 is 0.750 bits per heavy atom. The van der Waals surface area contributed by atoms with Gasteiger partial charge >= 0.3 is 0 Å². The molecule has 0 atom stereocenters. The molecule has 116 valence electrons. The van der Waals surface area contributed by atoms with Crippen molar-refractivity contribution in [1.29, 1.82) is 0 Å². The lowest BCUT2D eigenvalue weighted by molar-refractivity contribution is 0.475. The third-order valence-electron chi connectivity index (χ3n) is 3.96. The van der Waals surface area contributed by atoms with E-state index in [1.54, 1.807) is 30.3 Å². The summed E-state index contributed by atoms with van der Waals surface area (Å²) in [5.74, 6) is 0.242. The molecule has 3 nitrogen and oxygen atoms in total. The second kappa shape index (κ2) is 5.70. The summed E-state index contributed by atoms with van der Waals surface area (Å²) in [6, 6.07) is 19.8. The van der Waals surface area contributed by atoms with E-state index in [1.807, 2.05) is 48.6 Å². The zero-order valence-electron chi connectivity index (χ0n) is 12.8. The van der Waals surface area contributed by atoms with Crippen LogP contribution in [0.4, 0.5) is 0 Å². The van der Waals surface area contributed by atoms with Gasteiger partial charge in [-0.05, 0) is 47.5 Å². The average Bonchev–Trinajstić information content (AvgIpc) is 2.61. The monoisotopic (exact) mass is 314 g/mol. The van der Waals surface area contributed by atoms with Crippen molar-refractivity contribution in [2.45, 2.75) is 0 Å². The topological polar surface area (TPSA) is 50.4 Å². The van der Waals surface area contributed by atoms with E-state index < -0.39 is 0 Å². The van der Waals surface area contributed by atoms with Gasteiger partial charge in [0.15, 0.2) is 0 Å². The van der Waals surface area contributed by atoms with Crippen molar-refractivity contribution >= 4 is 34.1 Å². The molecule has 0 spiro atoms. The van der Waals surface area contributed by atoms with E-state index in [2.05, 4.69) is 0 Å². The number of fused-ring (bicyclic) bond motifs is 2. The minimum Gasteiger partial charge on any atom is -0.508 e. The average molecular weight is 314 g/mol. The molecular formula is C21H14O3. The van der Waals surface area contributed by atoms with Gasteiger partial charge in [0.2, 0.25) is 5.43 Å². The van der Waals surface area contributed by atoms with Crippen molar-refractivity contribution in [1.82, 2.24) is 0 Å². The van der Waals surface area contributed by atoms with Crippen LogP contribution in [0, 0.1) is 0 Å². The Balaban J connectivity index is 1.79. The Bertz CT molecular complexity index is 1120. The molecular weight excluding hydrogens is 300 g/mol. The van der Waals surface area contributed by atoms with Gasteiger partial charge in [0.1, 0.15) is 16.9 Å². The lowest BCUT2D eigenvalue weighted by Crippen LogP contribution is -2.01. The largest absolute Gasteiger partial charge is 0.508 e. The van der Waals surface area contributed by atoms with Crippen LogP contribution in [-0.4, -0.2) is 5.11 Å². The number of benzene rings is 3. The lowest BCUT2D eigenvalue weighted by Gasteiger charge is -2.02. The third kappa shape index (κ3) is 2.57. The molecule has 0 saturated heterocycles. The number of aromatic hydroxyl groups is 1. The van der Waals surface area contributed by atoms with E-state index in [1.165, 1.54) is 0 Å². The first-order valence-corrected chi connectivity index (χ1v) is 7.63. The predicted molar refractivity (Wildman–Crippen MR) is 97.0 cm³/mol. The third-order valence-corrected chi connectivity index (χ3v) is 3.96. The fraction of sp³-hybridized carbons (Fsp3) is 0. The van der Waals surface area contributed by atoms with E-state index in [4.69, 9.17) is 4.42 Å². The van der Waals surface area contributed by atoms with Gasteiger partial charge in [0, 0.05) is 0 Å². The molecule has 0 amide bonds. The Kier molecular flexibility index (Phi) is 3.39. The molecule has 1 aromatic heterocycles. The van der Waals surface area contributed by atoms with Gasteiger partial charge in [-0.1, -0.05) is 42.5 Å². The highest BCUT2D eigenvalue weighted by atomic mass is 16.3. The Morgan fingerprint density at radius 3 is 2.25 bits per heavy atom. The first kappa shape index (κ1) is 14.3. The fourth-order valence-electron chi connectivity index (χ4n) is 2.70. The van der Waals surface area contributed by atoms with Crippen molar-refractivity contribution in [3.8, 4) is 5.75 Å². The number of phenols is 1. The van der Waals surface area contributed by atoms with E-state index in [0.717, 1.165) is 11.1 Å². The Labute approximate surface area is 138 Å². The molecule has 0 aliphatic rings. The number of hydrogen-bond donors (Lipinski definition) is 1. The minimum atomic E-state index is -0.0130. The molecule has 4 aromatic rings. The summed E-state index contributed by atoms with van der Waals surface area (Å²) in [5, 5.41) is 10.5. The second-order valence-electron chi connectivity index (χ2n) is 5.61. The summed E-state index contributed by atoms with van der Waals surface area (Å²) in [6.07, 6.45) is 3.89. The number of para-hydroxylation sites is 1. The first-order valence-electron chi connectivity index (χ1n) is 7.63. The molecule has 0 aliphatic carbocycles. The molecule has 0 unspecified atom stereocenters. The smallest absolute Gasteiger partial charge is 0.200 e. The second-order valence-corrected chi connectivity index (χ2v) is 5.61. The van der Waals surface area contributed by atoms with Crippen LogP contribution in [0.5, 0.6) is 5.75 Å². The molecule has 1 heterocycles. The molecule has 0 bridgehead atoms. The van der Waals surface area contributed by atoms with Crippen molar-refractivity contribution in [2.75, 3.05) is 0 Å². The van der Waals surface area contributed by atoms with Crippen LogP contribution >= 0.6 is 0 Å². The Hall–Kier alpha value is -3.33. The number of hydrogen-bond acceptors (Lipinski definition) is 3. The first-order chi connectivity index (χ1) is 11.7. The van der Waals surface area contributed by atoms with Gasteiger partial charge in [-0.2, -0.15) is 0 Å². The molecule has 24 heavy (non-hydrogen) atoms. The zero-order valence-corrected chi connectivity index (χ0v) is 12.8. The summed E-state index contributed by atoms with van der Waals surface area (Å²) in [6.45, 7) is 0. The van der Waals surface area contributed by atoms with Gasteiger partial charge in [-0.15, -0.1) is 0 Å². The minimum absolute atomic E-state index is 0.0130. The van der Waals surface area contributed by atoms with E-state index in [-0.39, 0.29) is 11.2 Å². The standard InChI is InChI=1S/C21H14O3/c22-16-10-7-14(8-11-16)5-6-15-9-12-18-20(13-15)24-19-4-2-1-3-17(19)21(18)23/h1-13,22H/b6-5+. The van der Waals surface area contributed by atoms with Crippen LogP contribution in [0.3, 0.4) is 0 Å². The summed E-state index contributed by atoms with van der Waals surface area (Å²) in [7, 11) is 0. The zero-order chi connectivity index (χ0) is 16.5. The lowest BCUT2D eigenvalue weighted by atomic mass is 10.1. The van der Waals surface area contributed by atoms with Gasteiger partial charge in [-0.25, -0.2) is 0 Å². The molecule has 0 aliphatic heterocycles. The van der Waals surface area contributed by atoms with Gasteiger partial charge in [0.05, 0.1) is 10.8 Å². The molecule has 0 saturated carbocycles. The number of rotatable bonds is 2. The highest BCUT2D eigenvalue weighted by molar-refractivity contribution is 5.90. The summed E-state index contributed by atoms with van der Waals surface area (Å²) < 4.78 is 5.87. The SMILES string of the molecule is O=c1c2ccccc2oc2cc(/C=C/c3ccc(O)cc3)ccc12. The highest BCUT2D eigenvalue weighted by Crippen LogP contribution is 2.21. The van der Waals surface area contributed by atoms with Gasteiger partial charge in [-0.3, -0.25) is 4.79 Å². The highest BCUT2D eigenvalue weighted by Gasteiger charge is 2.06. The summed E-state index contributed by atoms with van der Waals surface area (Å²) >= 11 is 0. The van der Waals surface area contributed by atoms with Crippen LogP contribution in [-0.2, 0) is 0 Å². The molecule has 0 radical (unpaired) electrons. The van der Waals surface area contributed by atoms with Crippen LogP contribution < -0.4 is 5.43 Å². The maximum atomic E-state index is 12.5. The van der Waals surface area contributed by atoms with Crippen molar-refractivity contribution in [3.63, 3.8) is 0 Å². The Morgan fingerprint density at radius 2 is 1.42 bits per heavy atom. The molecule has 0 fully saturated rings. The van der Waals surface area contributed by atoms with Crippen LogP contribution in [0.1, 0.15) is 11.1 Å². The maximum absolute atomic E-state index is 12.5. The van der Waals surface area contributed by atoms with E-state index in [0.29, 0.717) is 21.9 Å². The predicted octanol–water partition coefficient (Wildman–Crippen LogP) is 4.82. The van der Waals surface area contributed by atoms with E-state index >= 15 is 0 Å². The van der Waals surface area contributed by atoms with Crippen LogP contribution in [0.15, 0.2) is 75.9 Å². The van der Waals surface area contributed by atoms with Gasteiger partial charge in [0.25, 0.3) is 0 Å². The molecule has 3 heteroatoms. The van der Waals surface area contributed by atoms with E-state index in [9.17, 15) is 9.90 Å². The van der Waals surface area contributed by atoms with Gasteiger partial charge < -0.3 is 9.52 Å². The molecule has 4 rings (SSSR count). The van der Waals surface area contributed by atoms with Crippen molar-refractivity contribution in [2.24, 2.45) is 0 Å². The van der Waals surface area contributed by atoms with Crippen LogP contribution in [0.2, 0.25) is 0 Å². The molecule has 1 N–H and O–H groups in total. The normalized spacial score (nSPS) is 11.5. The summed E-state index contributed by atoms with van der Waals surface area (Å²) in [4.78, 5) is 12.5. The quantitative estimate of drug-likeness (QED) is 0.426. The number of phenolic OH excluding ortho intramolecular Hbond substituents is 1. The van der Waals surface area contributed by atoms with Crippen molar-refractivity contribution < 1.29 is 9.52 Å². The molecule has 3 aromatic carbocycles. The van der Waals surface area contributed by atoms with Crippen LogP contribution in [0.25, 0.3) is 34.1 Å². The summed E-state index contributed by atoms with van der Waals surface area (Å²) in [5.41, 5.74) is 3.07.